The van der Waals surface area contributed by atoms with Gasteiger partial charge >= 0.3 is 11.8 Å². The van der Waals surface area contributed by atoms with Gasteiger partial charge in [0.15, 0.2) is 0 Å². The normalized spacial score (nSPS) is 11.5. The lowest BCUT2D eigenvalue weighted by Gasteiger charge is -2.20. The Morgan fingerprint density at radius 1 is 1.53 bits per heavy atom. The summed E-state index contributed by atoms with van der Waals surface area (Å²) in [6.07, 6.45) is 0.352. The third-order valence-corrected chi connectivity index (χ3v) is 2.08. The number of ether oxygens (including phenoxy) is 1. The number of nitro groups is 1. The Morgan fingerprint density at radius 3 is 2.53 bits per heavy atom. The number of rotatable bonds is 3. The van der Waals surface area contributed by atoms with Gasteiger partial charge in [-0.15, -0.1) is 0 Å². The fraction of sp³-hybridized carbons (Fsp3) is 0.636. The van der Waals surface area contributed by atoms with Gasteiger partial charge in [0.25, 0.3) is 0 Å². The maximum absolute atomic E-state index is 11.7. The summed E-state index contributed by atoms with van der Waals surface area (Å²) in [6, 6.07) is -0.126. The summed E-state index contributed by atoms with van der Waals surface area (Å²) in [5.41, 5.74) is -0.943. The highest BCUT2D eigenvalue weighted by Gasteiger charge is 2.26. The monoisotopic (exact) mass is 270 g/mol. The highest BCUT2D eigenvalue weighted by molar-refractivity contribution is 5.86. The zero-order valence-corrected chi connectivity index (χ0v) is 11.6. The Hall–Kier alpha value is -2.12. The molecule has 0 aromatic carbocycles. The number of carbonyl (C=O) groups excluding carboxylic acids is 1. The van der Waals surface area contributed by atoms with Crippen molar-refractivity contribution in [2.45, 2.75) is 46.3 Å². The van der Waals surface area contributed by atoms with Crippen molar-refractivity contribution in [3.8, 4) is 0 Å². The van der Waals surface area contributed by atoms with E-state index in [9.17, 15) is 14.9 Å². The molecule has 1 aromatic rings. The molecule has 0 saturated heterocycles. The Bertz CT molecular complexity index is 487. The van der Waals surface area contributed by atoms with Gasteiger partial charge in [-0.2, -0.15) is 5.10 Å². The molecule has 0 aliphatic heterocycles. The van der Waals surface area contributed by atoms with Crippen LogP contribution in [0, 0.1) is 10.1 Å². The molecule has 8 nitrogen and oxygen atoms in total. The lowest BCUT2D eigenvalue weighted by Crippen LogP contribution is -2.28. The molecule has 8 heteroatoms. The number of nitrogens with zero attached hydrogens (tertiary/aromatic N) is 3. The van der Waals surface area contributed by atoms with Crippen molar-refractivity contribution in [1.29, 1.82) is 0 Å². The smallest absolute Gasteiger partial charge is 0.413 e. The van der Waals surface area contributed by atoms with Crippen LogP contribution < -0.4 is 5.32 Å². The molecule has 0 aliphatic carbocycles. The molecule has 1 amide bonds. The van der Waals surface area contributed by atoms with Crippen LogP contribution in [0.15, 0.2) is 6.20 Å². The van der Waals surface area contributed by atoms with Gasteiger partial charge in [-0.1, -0.05) is 0 Å². The maximum Gasteiger partial charge on any atom is 0.413 e. The number of hydrogen-bond acceptors (Lipinski definition) is 5. The van der Waals surface area contributed by atoms with Crippen LogP contribution >= 0.6 is 0 Å². The molecule has 1 heterocycles. The second kappa shape index (κ2) is 5.25. The summed E-state index contributed by atoms with van der Waals surface area (Å²) in [4.78, 5) is 22.0. The lowest BCUT2D eigenvalue weighted by atomic mass is 10.2. The first-order chi connectivity index (χ1) is 8.61. The standard InChI is InChI=1S/C11H18N4O4/c1-7(2)14-9(8(6-12-14)15(17)18)13-10(16)19-11(3,4)5/h6-7H,1-5H3,(H,13,16). The van der Waals surface area contributed by atoms with Gasteiger partial charge in [-0.05, 0) is 34.6 Å². The van der Waals surface area contributed by atoms with E-state index in [1.807, 2.05) is 0 Å². The van der Waals surface area contributed by atoms with Crippen LogP contribution in [0.1, 0.15) is 40.7 Å². The number of hydrogen-bond donors (Lipinski definition) is 1. The Balaban J connectivity index is 3.01. The predicted octanol–water partition coefficient (Wildman–Crippen LogP) is 2.72. The number of amides is 1. The zero-order valence-electron chi connectivity index (χ0n) is 11.6. The second-order valence-electron chi connectivity index (χ2n) is 5.30. The molecule has 0 unspecified atom stereocenters. The Kier molecular flexibility index (Phi) is 4.13. The van der Waals surface area contributed by atoms with Crippen LogP contribution in [0.3, 0.4) is 0 Å². The second-order valence-corrected chi connectivity index (χ2v) is 5.30. The molecule has 0 spiro atoms. The van der Waals surface area contributed by atoms with Gasteiger partial charge < -0.3 is 4.74 Å². The van der Waals surface area contributed by atoms with Crippen LogP contribution in [0.4, 0.5) is 16.3 Å². The van der Waals surface area contributed by atoms with Gasteiger partial charge in [0.2, 0.25) is 5.82 Å². The highest BCUT2D eigenvalue weighted by atomic mass is 16.6. The summed E-state index contributed by atoms with van der Waals surface area (Å²) < 4.78 is 6.43. The van der Waals surface area contributed by atoms with Crippen LogP contribution in [-0.4, -0.2) is 26.4 Å². The van der Waals surface area contributed by atoms with Crippen LogP contribution in [-0.2, 0) is 4.74 Å². The largest absolute Gasteiger partial charge is 0.444 e. The Labute approximate surface area is 110 Å². The van der Waals surface area contributed by atoms with E-state index in [4.69, 9.17) is 4.74 Å². The van der Waals surface area contributed by atoms with Crippen molar-refractivity contribution in [2.24, 2.45) is 0 Å². The van der Waals surface area contributed by atoms with Gasteiger partial charge in [0.1, 0.15) is 11.8 Å². The van der Waals surface area contributed by atoms with E-state index in [-0.39, 0.29) is 17.5 Å². The summed E-state index contributed by atoms with van der Waals surface area (Å²) in [6.45, 7) is 8.73. The fourth-order valence-electron chi connectivity index (χ4n) is 1.40. The fourth-order valence-corrected chi connectivity index (χ4v) is 1.40. The molecule has 0 radical (unpaired) electrons. The first-order valence-electron chi connectivity index (χ1n) is 5.83. The minimum Gasteiger partial charge on any atom is -0.444 e. The van der Waals surface area contributed by atoms with E-state index in [2.05, 4.69) is 10.4 Å². The summed E-state index contributed by atoms with van der Waals surface area (Å²) >= 11 is 0. The van der Waals surface area contributed by atoms with E-state index in [0.29, 0.717) is 0 Å². The first kappa shape index (κ1) is 14.9. The summed E-state index contributed by atoms with van der Waals surface area (Å²) in [5, 5.41) is 17.2. The van der Waals surface area contributed by atoms with E-state index in [1.54, 1.807) is 34.6 Å². The first-order valence-corrected chi connectivity index (χ1v) is 5.83. The van der Waals surface area contributed by atoms with Crippen LogP contribution in [0.2, 0.25) is 0 Å². The zero-order chi connectivity index (χ0) is 14.8. The van der Waals surface area contributed by atoms with Crippen LogP contribution in [0.25, 0.3) is 0 Å². The van der Waals surface area contributed by atoms with Crippen molar-refractivity contribution >= 4 is 17.6 Å². The van der Waals surface area contributed by atoms with Crippen LogP contribution in [0.5, 0.6) is 0 Å². The van der Waals surface area contributed by atoms with E-state index in [0.717, 1.165) is 6.20 Å². The highest BCUT2D eigenvalue weighted by Crippen LogP contribution is 2.27. The minimum atomic E-state index is -0.752. The molecule has 1 N–H and O–H groups in total. The average molecular weight is 270 g/mol. The van der Waals surface area contributed by atoms with Crippen molar-refractivity contribution in [3.05, 3.63) is 16.3 Å². The van der Waals surface area contributed by atoms with Gasteiger partial charge in [-0.25, -0.2) is 9.48 Å². The number of carbonyl (C=O) groups is 1. The van der Waals surface area contributed by atoms with Crippen molar-refractivity contribution in [2.75, 3.05) is 5.32 Å². The average Bonchev–Trinajstić information content (AvgIpc) is 2.57. The number of nitrogens with one attached hydrogen (secondary N) is 1. The predicted molar refractivity (Wildman–Crippen MR) is 69.1 cm³/mol. The molecule has 0 saturated carbocycles. The summed E-state index contributed by atoms with van der Waals surface area (Å²) in [7, 11) is 0. The molecular formula is C11H18N4O4. The molecule has 0 atom stereocenters. The van der Waals surface area contributed by atoms with Crippen molar-refractivity contribution in [1.82, 2.24) is 9.78 Å². The third kappa shape index (κ3) is 3.94. The topological polar surface area (TPSA) is 99.3 Å². The van der Waals surface area contributed by atoms with E-state index in [1.165, 1.54) is 4.68 Å². The molecule has 1 aromatic heterocycles. The Morgan fingerprint density at radius 2 is 2.11 bits per heavy atom. The number of aromatic nitrogens is 2. The number of anilines is 1. The van der Waals surface area contributed by atoms with E-state index >= 15 is 0 Å². The van der Waals surface area contributed by atoms with E-state index < -0.39 is 16.6 Å². The SMILES string of the molecule is CC(C)n1ncc([N+](=O)[O-])c1NC(=O)OC(C)(C)C. The van der Waals surface area contributed by atoms with Gasteiger partial charge in [0.05, 0.1) is 4.92 Å². The van der Waals surface area contributed by atoms with Crippen molar-refractivity contribution in [3.63, 3.8) is 0 Å². The molecule has 1 rings (SSSR count). The molecule has 0 fully saturated rings. The molecule has 106 valence electrons. The van der Waals surface area contributed by atoms with Gasteiger partial charge in [-0.3, -0.25) is 15.4 Å². The lowest BCUT2D eigenvalue weighted by molar-refractivity contribution is -0.384. The maximum atomic E-state index is 11.7. The molecule has 0 aliphatic rings. The molecular weight excluding hydrogens is 252 g/mol. The van der Waals surface area contributed by atoms with Crippen molar-refractivity contribution < 1.29 is 14.5 Å². The summed E-state index contributed by atoms with van der Waals surface area (Å²) in [5.74, 6) is 0.0225. The third-order valence-electron chi connectivity index (χ3n) is 2.08. The quantitative estimate of drug-likeness (QED) is 0.672. The minimum absolute atomic E-state index is 0.0225. The van der Waals surface area contributed by atoms with Gasteiger partial charge in [0, 0.05) is 6.04 Å². The molecule has 0 bridgehead atoms. The molecule has 19 heavy (non-hydrogen) atoms.